The minimum Gasteiger partial charge on any atom is -0.497 e. The Morgan fingerprint density at radius 1 is 1.47 bits per heavy atom. The number of methoxy groups -OCH3 is 2. The molecule has 17 heavy (non-hydrogen) atoms. The van der Waals surface area contributed by atoms with Crippen molar-refractivity contribution in [1.29, 1.82) is 0 Å². The lowest BCUT2D eigenvalue weighted by atomic mass is 10.1. The van der Waals surface area contributed by atoms with Gasteiger partial charge in [0.15, 0.2) is 0 Å². The number of hydrogen-bond donors (Lipinski definition) is 2. The highest BCUT2D eigenvalue weighted by molar-refractivity contribution is 7.80. The molecule has 4 nitrogen and oxygen atoms in total. The van der Waals surface area contributed by atoms with E-state index in [1.165, 1.54) is 0 Å². The lowest BCUT2D eigenvalue weighted by Gasteiger charge is -2.19. The molecule has 2 atom stereocenters. The number of carbonyl (C=O) groups is 1. The van der Waals surface area contributed by atoms with Crippen LogP contribution in [0.15, 0.2) is 18.2 Å². The highest BCUT2D eigenvalue weighted by Crippen LogP contribution is 2.30. The van der Waals surface area contributed by atoms with Gasteiger partial charge in [0.1, 0.15) is 11.5 Å². The second-order valence-electron chi connectivity index (χ2n) is 3.35. The zero-order chi connectivity index (χ0) is 12.8. The molecule has 2 unspecified atom stereocenters. The summed E-state index contributed by atoms with van der Waals surface area (Å²) in [4.78, 5) is 11.1. The van der Waals surface area contributed by atoms with Crippen LogP contribution in [0.25, 0.3) is 0 Å². The van der Waals surface area contributed by atoms with E-state index in [0.717, 1.165) is 5.56 Å². The van der Waals surface area contributed by atoms with Crippen LogP contribution < -0.4 is 14.8 Å². The van der Waals surface area contributed by atoms with Gasteiger partial charge in [-0.3, -0.25) is 4.79 Å². The lowest BCUT2D eigenvalue weighted by molar-refractivity contribution is 0.258. The van der Waals surface area contributed by atoms with Crippen molar-refractivity contribution in [2.45, 2.75) is 6.04 Å². The molecule has 0 aliphatic rings. The van der Waals surface area contributed by atoms with E-state index in [9.17, 15) is 4.79 Å². The third kappa shape index (κ3) is 3.79. The Morgan fingerprint density at radius 2 is 2.18 bits per heavy atom. The van der Waals surface area contributed by atoms with Crippen molar-refractivity contribution >= 4 is 27.5 Å². The monoisotopic (exact) mass is 273 g/mol. The van der Waals surface area contributed by atoms with Gasteiger partial charge in [-0.1, -0.05) is 0 Å². The van der Waals surface area contributed by atoms with Crippen molar-refractivity contribution < 1.29 is 14.3 Å². The van der Waals surface area contributed by atoms with E-state index < -0.39 is 0 Å². The number of hydrogen-bond acceptors (Lipinski definition) is 4. The molecule has 0 bridgehead atoms. The molecule has 0 fully saturated rings. The maximum absolute atomic E-state index is 11.1. The number of thiol groups is 1. The molecule has 6 heteroatoms. The molecule has 0 aliphatic heterocycles. The molecule has 0 radical (unpaired) electrons. The Balaban J connectivity index is 3.05. The van der Waals surface area contributed by atoms with Crippen LogP contribution in [0.1, 0.15) is 11.6 Å². The summed E-state index contributed by atoms with van der Waals surface area (Å²) >= 11 is 4.23. The van der Waals surface area contributed by atoms with Crippen LogP contribution in [0, 0.1) is 0 Å². The summed E-state index contributed by atoms with van der Waals surface area (Å²) in [5, 5.41) is 2.78. The van der Waals surface area contributed by atoms with Gasteiger partial charge in [-0.2, -0.15) is 12.6 Å². The average molecular weight is 273 g/mol. The number of ether oxygens (including phenoxy) is 2. The van der Waals surface area contributed by atoms with Crippen LogP contribution >= 0.6 is 21.9 Å². The molecule has 0 saturated carbocycles. The van der Waals surface area contributed by atoms with Crippen molar-refractivity contribution in [2.24, 2.45) is 0 Å². The SMILES string of the molecule is COc1ccc(C(CS)NC(=O)P)c(OC)c1. The number of amides is 1. The summed E-state index contributed by atoms with van der Waals surface area (Å²) in [6.45, 7) is 0. The van der Waals surface area contributed by atoms with Gasteiger partial charge in [-0.15, -0.1) is 0 Å². The number of benzene rings is 1. The second kappa shape index (κ2) is 6.72. The van der Waals surface area contributed by atoms with E-state index in [2.05, 4.69) is 27.2 Å². The Hall–Kier alpha value is -0.930. The first-order valence-corrected chi connectivity index (χ1v) is 6.22. The molecule has 0 heterocycles. The number of rotatable bonds is 5. The van der Waals surface area contributed by atoms with Crippen LogP contribution in [0.2, 0.25) is 0 Å². The molecule has 0 saturated heterocycles. The first-order valence-electron chi connectivity index (χ1n) is 5.01. The maximum Gasteiger partial charge on any atom is 0.235 e. The van der Waals surface area contributed by atoms with Gasteiger partial charge < -0.3 is 14.8 Å². The normalized spacial score (nSPS) is 11.8. The van der Waals surface area contributed by atoms with Gasteiger partial charge in [-0.25, -0.2) is 0 Å². The number of carbonyl (C=O) groups excluding carboxylic acids is 1. The smallest absolute Gasteiger partial charge is 0.235 e. The Morgan fingerprint density at radius 3 is 2.65 bits per heavy atom. The largest absolute Gasteiger partial charge is 0.497 e. The van der Waals surface area contributed by atoms with Gasteiger partial charge in [0.2, 0.25) is 5.65 Å². The molecule has 0 aliphatic carbocycles. The van der Waals surface area contributed by atoms with Crippen molar-refractivity contribution in [3.05, 3.63) is 23.8 Å². The molecular weight excluding hydrogens is 257 g/mol. The molecule has 1 amide bonds. The summed E-state index contributed by atoms with van der Waals surface area (Å²) in [5.41, 5.74) is 0.695. The summed E-state index contributed by atoms with van der Waals surface area (Å²) in [6.07, 6.45) is 0. The minimum atomic E-state index is -0.191. The lowest BCUT2D eigenvalue weighted by Crippen LogP contribution is -2.25. The fourth-order valence-corrected chi connectivity index (χ4v) is 1.99. The summed E-state index contributed by atoms with van der Waals surface area (Å²) in [7, 11) is 5.25. The Labute approximate surface area is 109 Å². The Kier molecular flexibility index (Phi) is 5.59. The first kappa shape index (κ1) is 14.1. The van der Waals surface area contributed by atoms with Crippen LogP contribution in [0.4, 0.5) is 4.79 Å². The highest BCUT2D eigenvalue weighted by atomic mass is 32.1. The van der Waals surface area contributed by atoms with E-state index in [4.69, 9.17) is 9.47 Å². The molecule has 94 valence electrons. The van der Waals surface area contributed by atoms with Crippen molar-refractivity contribution in [1.82, 2.24) is 5.32 Å². The standard InChI is InChI=1S/C11H16NO3PS/c1-14-7-3-4-8(10(5-7)15-2)9(6-17)12-11(13)16/h3-5,9,17H,6,16H2,1-2H3,(H,12,13). The molecule has 1 N–H and O–H groups in total. The molecule has 1 aromatic rings. The topological polar surface area (TPSA) is 47.6 Å². The van der Waals surface area contributed by atoms with E-state index in [1.54, 1.807) is 20.3 Å². The summed E-state index contributed by atoms with van der Waals surface area (Å²) in [6, 6.07) is 5.27. The fourth-order valence-electron chi connectivity index (χ4n) is 1.50. The average Bonchev–Trinajstić information content (AvgIpc) is 2.35. The van der Waals surface area contributed by atoms with E-state index >= 15 is 0 Å². The number of nitrogens with one attached hydrogen (secondary N) is 1. The van der Waals surface area contributed by atoms with Gasteiger partial charge in [-0.05, 0) is 21.4 Å². The van der Waals surface area contributed by atoms with Crippen molar-refractivity contribution in [3.63, 3.8) is 0 Å². The van der Waals surface area contributed by atoms with E-state index in [0.29, 0.717) is 17.3 Å². The first-order chi connectivity index (χ1) is 8.12. The zero-order valence-corrected chi connectivity index (χ0v) is 11.8. The van der Waals surface area contributed by atoms with E-state index in [1.807, 2.05) is 12.1 Å². The molecule has 1 aromatic carbocycles. The van der Waals surface area contributed by atoms with E-state index in [-0.39, 0.29) is 11.7 Å². The molecule has 1 rings (SSSR count). The highest BCUT2D eigenvalue weighted by Gasteiger charge is 2.16. The van der Waals surface area contributed by atoms with Gasteiger partial charge >= 0.3 is 0 Å². The van der Waals surface area contributed by atoms with Crippen LogP contribution in [0.5, 0.6) is 11.5 Å². The van der Waals surface area contributed by atoms with Crippen molar-refractivity contribution in [3.8, 4) is 11.5 Å². The van der Waals surface area contributed by atoms with Gasteiger partial charge in [0.05, 0.1) is 20.3 Å². The predicted octanol–water partition coefficient (Wildman–Crippen LogP) is 2.26. The second-order valence-corrected chi connectivity index (χ2v) is 4.24. The fraction of sp³-hybridized carbons (Fsp3) is 0.364. The zero-order valence-electron chi connectivity index (χ0n) is 9.77. The summed E-state index contributed by atoms with van der Waals surface area (Å²) in [5.74, 6) is 1.87. The molecular formula is C11H16NO3PS. The third-order valence-electron chi connectivity index (χ3n) is 2.32. The minimum absolute atomic E-state index is 0.179. The van der Waals surface area contributed by atoms with Crippen LogP contribution in [-0.2, 0) is 0 Å². The maximum atomic E-state index is 11.1. The summed E-state index contributed by atoms with van der Waals surface area (Å²) < 4.78 is 10.4. The molecule has 0 spiro atoms. The predicted molar refractivity (Wildman–Crippen MR) is 74.4 cm³/mol. The third-order valence-corrected chi connectivity index (χ3v) is 2.85. The van der Waals surface area contributed by atoms with Gasteiger partial charge in [0.25, 0.3) is 0 Å². The van der Waals surface area contributed by atoms with Gasteiger partial charge in [0, 0.05) is 17.4 Å². The van der Waals surface area contributed by atoms with Crippen LogP contribution in [0.3, 0.4) is 0 Å². The van der Waals surface area contributed by atoms with Crippen LogP contribution in [-0.4, -0.2) is 25.6 Å². The quantitative estimate of drug-likeness (QED) is 0.639. The van der Waals surface area contributed by atoms with Crippen molar-refractivity contribution in [2.75, 3.05) is 20.0 Å². The molecule has 0 aromatic heterocycles. The Bertz CT molecular complexity index is 400.